The van der Waals surface area contributed by atoms with Gasteiger partial charge in [-0.3, -0.25) is 14.2 Å². The molecule has 390 valence electrons. The molecule has 0 saturated carbocycles. The van der Waals surface area contributed by atoms with Crippen molar-refractivity contribution in [2.45, 2.75) is 251 Å². The van der Waals surface area contributed by atoms with Gasteiger partial charge in [-0.25, -0.2) is 0 Å². The molecule has 0 aliphatic rings. The zero-order chi connectivity index (χ0) is 49.4. The van der Waals surface area contributed by atoms with Crippen LogP contribution in [0.1, 0.15) is 239 Å². The molecule has 0 fully saturated rings. The number of hydrogen-bond donors (Lipinski definition) is 1. The SMILES string of the molecule is CC/C=C/C=C/C=C/CCCCCCCCCC(=O)OC(/C=C/CCCCCCCCCCC)C(COP(=O)([O-])OCC[N+](C)(C)C)NC(=O)CCCCCCCCC/C=C\CCCCCC. The maximum absolute atomic E-state index is 13.4. The van der Waals surface area contributed by atoms with Crippen molar-refractivity contribution in [1.29, 1.82) is 0 Å². The third-order valence-corrected chi connectivity index (χ3v) is 13.0. The van der Waals surface area contributed by atoms with Crippen LogP contribution in [-0.2, 0) is 27.9 Å². The number of nitrogens with zero attached hydrogens (tertiary/aromatic N) is 1. The van der Waals surface area contributed by atoms with Crippen LogP contribution < -0.4 is 10.2 Å². The molecule has 10 heteroatoms. The number of carbonyl (C=O) groups is 2. The lowest BCUT2D eigenvalue weighted by molar-refractivity contribution is -0.870. The first-order chi connectivity index (χ1) is 32.4. The number of esters is 1. The van der Waals surface area contributed by atoms with Gasteiger partial charge in [-0.15, -0.1) is 0 Å². The van der Waals surface area contributed by atoms with Crippen LogP contribution in [0.3, 0.4) is 0 Å². The molecule has 3 atom stereocenters. The topological polar surface area (TPSA) is 114 Å². The van der Waals surface area contributed by atoms with Gasteiger partial charge in [0, 0.05) is 12.8 Å². The van der Waals surface area contributed by atoms with E-state index in [1.807, 2.05) is 33.3 Å². The largest absolute Gasteiger partial charge is 0.756 e. The number of phosphoric ester groups is 1. The number of unbranched alkanes of at least 4 members (excludes halogenated alkanes) is 27. The lowest BCUT2D eigenvalue weighted by Gasteiger charge is -2.30. The van der Waals surface area contributed by atoms with Gasteiger partial charge in [0.2, 0.25) is 5.91 Å². The minimum atomic E-state index is -4.69. The van der Waals surface area contributed by atoms with Crippen molar-refractivity contribution in [3.8, 4) is 0 Å². The fourth-order valence-corrected chi connectivity index (χ4v) is 8.41. The quantitative estimate of drug-likeness (QED) is 0.0161. The first-order valence-corrected chi connectivity index (χ1v) is 29.1. The van der Waals surface area contributed by atoms with Crippen LogP contribution in [0.4, 0.5) is 0 Å². The number of amides is 1. The average molecular weight is 961 g/mol. The van der Waals surface area contributed by atoms with Crippen LogP contribution in [0, 0.1) is 0 Å². The van der Waals surface area contributed by atoms with E-state index in [9.17, 15) is 19.0 Å². The van der Waals surface area contributed by atoms with Crippen molar-refractivity contribution in [1.82, 2.24) is 5.32 Å². The molecular formula is C57H105N2O7P. The normalized spacial score (nSPS) is 14.3. The number of rotatable bonds is 49. The van der Waals surface area contributed by atoms with E-state index in [0.717, 1.165) is 89.9 Å². The second-order valence-electron chi connectivity index (χ2n) is 19.8. The second kappa shape index (κ2) is 47.4. The number of phosphoric acid groups is 1. The molecule has 0 aliphatic carbocycles. The highest BCUT2D eigenvalue weighted by molar-refractivity contribution is 7.45. The predicted molar refractivity (Wildman–Crippen MR) is 284 cm³/mol. The monoisotopic (exact) mass is 961 g/mol. The van der Waals surface area contributed by atoms with Gasteiger partial charge in [0.05, 0.1) is 33.8 Å². The fourth-order valence-electron chi connectivity index (χ4n) is 7.69. The van der Waals surface area contributed by atoms with E-state index in [-0.39, 0.29) is 24.9 Å². The van der Waals surface area contributed by atoms with Gasteiger partial charge in [0.25, 0.3) is 7.82 Å². The summed E-state index contributed by atoms with van der Waals surface area (Å²) in [4.78, 5) is 39.8. The van der Waals surface area contributed by atoms with Crippen molar-refractivity contribution >= 4 is 19.7 Å². The van der Waals surface area contributed by atoms with E-state index in [4.69, 9.17) is 13.8 Å². The van der Waals surface area contributed by atoms with E-state index in [0.29, 0.717) is 17.4 Å². The summed E-state index contributed by atoms with van der Waals surface area (Å²) < 4.78 is 30.2. The third-order valence-electron chi connectivity index (χ3n) is 12.0. The van der Waals surface area contributed by atoms with Crippen molar-refractivity contribution in [3.63, 3.8) is 0 Å². The second-order valence-corrected chi connectivity index (χ2v) is 21.2. The number of ether oxygens (including phenoxy) is 1. The van der Waals surface area contributed by atoms with Crippen molar-refractivity contribution in [2.24, 2.45) is 0 Å². The maximum atomic E-state index is 13.4. The summed E-state index contributed by atoms with van der Waals surface area (Å²) in [5.41, 5.74) is 0. The third kappa shape index (κ3) is 48.5. The number of quaternary nitrogens is 1. The Hall–Kier alpha value is -2.29. The Morgan fingerprint density at radius 2 is 0.970 bits per heavy atom. The molecule has 67 heavy (non-hydrogen) atoms. The van der Waals surface area contributed by atoms with Gasteiger partial charge in [-0.2, -0.15) is 0 Å². The Balaban J connectivity index is 5.37. The first-order valence-electron chi connectivity index (χ1n) is 27.6. The Morgan fingerprint density at radius 3 is 1.48 bits per heavy atom. The summed E-state index contributed by atoms with van der Waals surface area (Å²) in [5.74, 6) is -0.561. The number of hydrogen-bond acceptors (Lipinski definition) is 7. The molecule has 0 spiro atoms. The van der Waals surface area contributed by atoms with Crippen molar-refractivity contribution in [2.75, 3.05) is 40.9 Å². The molecular weight excluding hydrogens is 856 g/mol. The minimum absolute atomic E-state index is 0.0266. The summed E-state index contributed by atoms with van der Waals surface area (Å²) in [7, 11) is 1.17. The molecule has 9 nitrogen and oxygen atoms in total. The first kappa shape index (κ1) is 64.7. The minimum Gasteiger partial charge on any atom is -0.756 e. The lowest BCUT2D eigenvalue weighted by atomic mass is 10.1. The Labute approximate surface area is 413 Å². The van der Waals surface area contributed by atoms with E-state index < -0.39 is 26.6 Å². The van der Waals surface area contributed by atoms with Gasteiger partial charge in [-0.05, 0) is 76.7 Å². The summed E-state index contributed by atoms with van der Waals surface area (Å²) in [6.07, 6.45) is 57.5. The van der Waals surface area contributed by atoms with Crippen LogP contribution in [0.2, 0.25) is 0 Å². The van der Waals surface area contributed by atoms with E-state index >= 15 is 0 Å². The molecule has 0 bridgehead atoms. The van der Waals surface area contributed by atoms with E-state index in [1.165, 1.54) is 116 Å². The molecule has 0 rings (SSSR count). The van der Waals surface area contributed by atoms with E-state index in [2.05, 4.69) is 74.7 Å². The Bertz CT molecular complexity index is 1340. The maximum Gasteiger partial charge on any atom is 0.306 e. The summed E-state index contributed by atoms with van der Waals surface area (Å²) in [5, 5.41) is 3.01. The number of allylic oxidation sites excluding steroid dienone is 9. The summed E-state index contributed by atoms with van der Waals surface area (Å²) >= 11 is 0. The highest BCUT2D eigenvalue weighted by atomic mass is 31.2. The fraction of sp³-hybridized carbons (Fsp3) is 0.789. The predicted octanol–water partition coefficient (Wildman–Crippen LogP) is 15.7. The molecule has 0 aliphatic heterocycles. The van der Waals surface area contributed by atoms with Crippen LogP contribution >= 0.6 is 7.82 Å². The number of likely N-dealkylation sites (N-methyl/N-ethyl adjacent to an activating group) is 1. The van der Waals surface area contributed by atoms with Gasteiger partial charge in [0.1, 0.15) is 19.3 Å². The van der Waals surface area contributed by atoms with Gasteiger partial charge >= 0.3 is 5.97 Å². The highest BCUT2D eigenvalue weighted by Crippen LogP contribution is 2.38. The number of carbonyl (C=O) groups excluding carboxylic acids is 2. The van der Waals surface area contributed by atoms with Crippen molar-refractivity contribution < 1.29 is 37.3 Å². The molecule has 1 amide bonds. The zero-order valence-corrected chi connectivity index (χ0v) is 45.2. The molecule has 0 aromatic heterocycles. The molecule has 0 saturated heterocycles. The molecule has 0 radical (unpaired) electrons. The van der Waals surface area contributed by atoms with Crippen LogP contribution in [0.25, 0.3) is 0 Å². The summed E-state index contributed by atoms with van der Waals surface area (Å²) in [6.45, 7) is 6.67. The molecule has 3 unspecified atom stereocenters. The Morgan fingerprint density at radius 1 is 0.537 bits per heavy atom. The highest BCUT2D eigenvalue weighted by Gasteiger charge is 2.27. The zero-order valence-electron chi connectivity index (χ0n) is 44.3. The standard InChI is InChI=1S/C57H105N2O7P/c1-7-10-13-16-19-22-25-27-29-31-34-37-40-43-46-49-56(60)58-54(53-65-67(62,63)64-52-51-59(4,5)6)55(48-45-42-39-36-33-24-21-18-15-12-9-3)66-57(61)50-47-44-41-38-35-32-30-28-26-23-20-17-14-11-8-2/h11,14,17,20,22-23,25-26,45,48,54-55H,7-10,12-13,15-16,18-19,21,24,27-44,46-47,49-53H2,1-6H3,(H-,58,60,62,63)/b14-11+,20-17+,25-22-,26-23+,48-45+. The molecule has 1 N–H and O–H groups in total. The molecule has 0 aromatic rings. The molecule has 0 aromatic carbocycles. The van der Waals surface area contributed by atoms with Gasteiger partial charge in [0.15, 0.2) is 0 Å². The van der Waals surface area contributed by atoms with Gasteiger partial charge < -0.3 is 28.5 Å². The Kier molecular flexibility index (Phi) is 45.8. The molecule has 0 heterocycles. The van der Waals surface area contributed by atoms with Crippen LogP contribution in [-0.4, -0.2) is 69.4 Å². The van der Waals surface area contributed by atoms with Crippen LogP contribution in [0.5, 0.6) is 0 Å². The number of nitrogens with one attached hydrogen (secondary N) is 1. The lowest BCUT2D eigenvalue weighted by Crippen LogP contribution is -2.47. The van der Waals surface area contributed by atoms with Crippen molar-refractivity contribution in [3.05, 3.63) is 60.8 Å². The summed E-state index contributed by atoms with van der Waals surface area (Å²) in [6, 6.07) is -0.894. The van der Waals surface area contributed by atoms with Gasteiger partial charge in [-0.1, -0.05) is 210 Å². The van der Waals surface area contributed by atoms with Crippen LogP contribution in [0.15, 0.2) is 60.8 Å². The van der Waals surface area contributed by atoms with E-state index in [1.54, 1.807) is 0 Å². The average Bonchev–Trinajstić information content (AvgIpc) is 3.28. The smallest absolute Gasteiger partial charge is 0.306 e.